The number of amides is 1. The number of carbonyl (C=O) groups is 1. The molecule has 0 aliphatic carbocycles. The van der Waals surface area contributed by atoms with Gasteiger partial charge in [-0.2, -0.15) is 0 Å². The van der Waals surface area contributed by atoms with E-state index < -0.39 is 0 Å². The number of hydrogen-bond donors (Lipinski definition) is 1. The third-order valence-electron chi connectivity index (χ3n) is 4.95. The van der Waals surface area contributed by atoms with Crippen LogP contribution in [0.5, 0.6) is 0 Å². The summed E-state index contributed by atoms with van der Waals surface area (Å²) in [5, 5.41) is 2.93. The molecule has 2 heterocycles. The van der Waals surface area contributed by atoms with E-state index in [9.17, 15) is 4.79 Å². The smallest absolute Gasteiger partial charge is 0.244 e. The molecule has 136 valence electrons. The van der Waals surface area contributed by atoms with Gasteiger partial charge in [0, 0.05) is 37.6 Å². The number of rotatable bonds is 6. The summed E-state index contributed by atoms with van der Waals surface area (Å²) in [6.45, 7) is 5.08. The number of likely N-dealkylation sites (tertiary alicyclic amines) is 1. The fourth-order valence-corrected chi connectivity index (χ4v) is 3.28. The van der Waals surface area contributed by atoms with Crippen molar-refractivity contribution < 1.29 is 4.79 Å². The first-order chi connectivity index (χ1) is 12.7. The van der Waals surface area contributed by atoms with Gasteiger partial charge in [-0.15, -0.1) is 0 Å². The van der Waals surface area contributed by atoms with Gasteiger partial charge in [0.05, 0.1) is 0 Å². The minimum Gasteiger partial charge on any atom is -0.348 e. The third kappa shape index (κ3) is 5.53. The highest BCUT2D eigenvalue weighted by Gasteiger charge is 2.17. The summed E-state index contributed by atoms with van der Waals surface area (Å²) in [5.74, 6) is -0.0898. The van der Waals surface area contributed by atoms with E-state index in [1.54, 1.807) is 24.5 Å². The maximum atomic E-state index is 11.9. The first-order valence-electron chi connectivity index (χ1n) is 9.38. The number of pyridine rings is 1. The largest absolute Gasteiger partial charge is 0.348 e. The predicted molar refractivity (Wildman–Crippen MR) is 105 cm³/mol. The molecular weight excluding hydrogens is 322 g/mol. The molecule has 0 radical (unpaired) electrons. The van der Waals surface area contributed by atoms with E-state index in [1.165, 1.54) is 31.4 Å². The van der Waals surface area contributed by atoms with Crippen molar-refractivity contribution in [2.24, 2.45) is 0 Å². The normalized spacial score (nSPS) is 18.1. The Morgan fingerprint density at radius 1 is 1.15 bits per heavy atom. The monoisotopic (exact) mass is 349 g/mol. The first-order valence-corrected chi connectivity index (χ1v) is 9.38. The molecule has 1 aromatic heterocycles. The molecule has 1 atom stereocenters. The van der Waals surface area contributed by atoms with E-state index in [0.29, 0.717) is 12.6 Å². The minimum atomic E-state index is -0.0898. The molecule has 4 heteroatoms. The molecule has 2 aromatic rings. The molecule has 3 rings (SSSR count). The summed E-state index contributed by atoms with van der Waals surface area (Å²) < 4.78 is 0. The molecule has 1 aliphatic heterocycles. The SMILES string of the molecule is CC1CCCCN1Cc1ccc(CNC(=O)/C=C/c2ccncc2)cc1. The maximum Gasteiger partial charge on any atom is 0.244 e. The topological polar surface area (TPSA) is 45.2 Å². The van der Waals surface area contributed by atoms with Crippen molar-refractivity contribution in [3.05, 3.63) is 71.6 Å². The second-order valence-electron chi connectivity index (χ2n) is 6.96. The van der Waals surface area contributed by atoms with Gasteiger partial charge >= 0.3 is 0 Å². The van der Waals surface area contributed by atoms with Gasteiger partial charge in [-0.1, -0.05) is 30.7 Å². The summed E-state index contributed by atoms with van der Waals surface area (Å²) in [4.78, 5) is 18.5. The molecule has 1 fully saturated rings. The number of hydrogen-bond acceptors (Lipinski definition) is 3. The van der Waals surface area contributed by atoms with Crippen molar-refractivity contribution in [1.29, 1.82) is 0 Å². The van der Waals surface area contributed by atoms with E-state index >= 15 is 0 Å². The molecule has 1 N–H and O–H groups in total. The van der Waals surface area contributed by atoms with Crippen molar-refractivity contribution in [2.75, 3.05) is 6.54 Å². The molecule has 0 bridgehead atoms. The van der Waals surface area contributed by atoms with E-state index in [1.807, 2.05) is 12.1 Å². The standard InChI is InChI=1S/C22H27N3O/c1-18-4-2-3-15-25(18)17-21-7-5-20(6-8-21)16-24-22(26)10-9-19-11-13-23-14-12-19/h5-14,18H,2-4,15-17H2,1H3,(H,24,26)/b10-9+. The van der Waals surface area contributed by atoms with Gasteiger partial charge in [0.25, 0.3) is 0 Å². The van der Waals surface area contributed by atoms with Gasteiger partial charge in [0.2, 0.25) is 5.91 Å². The summed E-state index contributed by atoms with van der Waals surface area (Å²) >= 11 is 0. The van der Waals surface area contributed by atoms with Crippen molar-refractivity contribution in [1.82, 2.24) is 15.2 Å². The Bertz CT molecular complexity index is 725. The van der Waals surface area contributed by atoms with Crippen molar-refractivity contribution in [3.8, 4) is 0 Å². The molecule has 1 aliphatic rings. The van der Waals surface area contributed by atoms with Crippen LogP contribution in [0.3, 0.4) is 0 Å². The molecule has 0 saturated carbocycles. The fraction of sp³-hybridized carbons (Fsp3) is 0.364. The van der Waals surface area contributed by atoms with Gasteiger partial charge in [-0.05, 0) is 61.2 Å². The third-order valence-corrected chi connectivity index (χ3v) is 4.95. The van der Waals surface area contributed by atoms with Gasteiger partial charge in [0.15, 0.2) is 0 Å². The molecule has 1 saturated heterocycles. The Hall–Kier alpha value is -2.46. The Labute approximate surface area is 155 Å². The number of nitrogens with zero attached hydrogens (tertiary/aromatic N) is 2. The maximum absolute atomic E-state index is 11.9. The second-order valence-corrected chi connectivity index (χ2v) is 6.96. The van der Waals surface area contributed by atoms with Crippen LogP contribution in [-0.2, 0) is 17.9 Å². The first kappa shape index (κ1) is 18.3. The average molecular weight is 349 g/mol. The van der Waals surface area contributed by atoms with Crippen LogP contribution in [0.1, 0.15) is 42.9 Å². The lowest BCUT2D eigenvalue weighted by Gasteiger charge is -2.33. The zero-order chi connectivity index (χ0) is 18.2. The van der Waals surface area contributed by atoms with Gasteiger partial charge in [0.1, 0.15) is 0 Å². The van der Waals surface area contributed by atoms with Gasteiger partial charge < -0.3 is 5.32 Å². The summed E-state index contributed by atoms with van der Waals surface area (Å²) in [7, 11) is 0. The van der Waals surface area contributed by atoms with Crippen LogP contribution in [0.15, 0.2) is 54.9 Å². The zero-order valence-corrected chi connectivity index (χ0v) is 15.4. The number of benzene rings is 1. The number of piperidine rings is 1. The Morgan fingerprint density at radius 3 is 2.62 bits per heavy atom. The fourth-order valence-electron chi connectivity index (χ4n) is 3.28. The van der Waals surface area contributed by atoms with Crippen molar-refractivity contribution >= 4 is 12.0 Å². The van der Waals surface area contributed by atoms with Crippen LogP contribution in [-0.4, -0.2) is 28.4 Å². The molecule has 4 nitrogen and oxygen atoms in total. The van der Waals surface area contributed by atoms with E-state index in [0.717, 1.165) is 17.7 Å². The number of carbonyl (C=O) groups excluding carboxylic acids is 1. The number of nitrogens with one attached hydrogen (secondary N) is 1. The van der Waals surface area contributed by atoms with Crippen LogP contribution < -0.4 is 5.32 Å². The average Bonchev–Trinajstić information content (AvgIpc) is 2.68. The highest BCUT2D eigenvalue weighted by atomic mass is 16.1. The summed E-state index contributed by atoms with van der Waals surface area (Å²) in [5.41, 5.74) is 3.42. The highest BCUT2D eigenvalue weighted by molar-refractivity contribution is 5.91. The van der Waals surface area contributed by atoms with E-state index in [4.69, 9.17) is 0 Å². The van der Waals surface area contributed by atoms with Crippen LogP contribution >= 0.6 is 0 Å². The van der Waals surface area contributed by atoms with Gasteiger partial charge in [-0.25, -0.2) is 0 Å². The highest BCUT2D eigenvalue weighted by Crippen LogP contribution is 2.19. The zero-order valence-electron chi connectivity index (χ0n) is 15.4. The summed E-state index contributed by atoms with van der Waals surface area (Å²) in [6, 6.07) is 13.0. The lowest BCUT2D eigenvalue weighted by atomic mass is 10.0. The molecular formula is C22H27N3O. The van der Waals surface area contributed by atoms with E-state index in [2.05, 4.69) is 46.4 Å². The Morgan fingerprint density at radius 2 is 1.88 bits per heavy atom. The lowest BCUT2D eigenvalue weighted by molar-refractivity contribution is -0.116. The van der Waals surface area contributed by atoms with Crippen LogP contribution in [0.25, 0.3) is 6.08 Å². The molecule has 1 amide bonds. The molecule has 0 spiro atoms. The molecule has 26 heavy (non-hydrogen) atoms. The minimum absolute atomic E-state index is 0.0898. The van der Waals surface area contributed by atoms with Crippen molar-refractivity contribution in [3.63, 3.8) is 0 Å². The predicted octanol–water partition coefficient (Wildman–Crippen LogP) is 3.79. The lowest BCUT2D eigenvalue weighted by Crippen LogP contribution is -2.36. The van der Waals surface area contributed by atoms with Crippen LogP contribution in [0.4, 0.5) is 0 Å². The van der Waals surface area contributed by atoms with Crippen molar-refractivity contribution in [2.45, 2.75) is 45.3 Å². The Balaban J connectivity index is 1.46. The van der Waals surface area contributed by atoms with Crippen LogP contribution in [0, 0.1) is 0 Å². The quantitative estimate of drug-likeness (QED) is 0.807. The number of aromatic nitrogens is 1. The molecule has 1 aromatic carbocycles. The Kier molecular flexibility index (Phi) is 6.56. The molecule has 1 unspecified atom stereocenters. The second kappa shape index (κ2) is 9.30. The van der Waals surface area contributed by atoms with E-state index in [-0.39, 0.29) is 5.91 Å². The van der Waals surface area contributed by atoms with Gasteiger partial charge in [-0.3, -0.25) is 14.7 Å². The van der Waals surface area contributed by atoms with Crippen LogP contribution in [0.2, 0.25) is 0 Å². The summed E-state index contributed by atoms with van der Waals surface area (Å²) in [6.07, 6.45) is 10.7.